The van der Waals surface area contributed by atoms with E-state index in [1.165, 1.54) is 9.88 Å². The Bertz CT molecular complexity index is 294. The Morgan fingerprint density at radius 3 is 3.29 bits per heavy atom. The van der Waals surface area contributed by atoms with Gasteiger partial charge in [-0.1, -0.05) is 6.92 Å². The van der Waals surface area contributed by atoms with Crippen molar-refractivity contribution in [2.24, 2.45) is 5.73 Å². The summed E-state index contributed by atoms with van der Waals surface area (Å²) in [6, 6.07) is 0. The molecule has 78 valence electrons. The van der Waals surface area contributed by atoms with Crippen molar-refractivity contribution in [3.63, 3.8) is 0 Å². The van der Waals surface area contributed by atoms with Crippen LogP contribution in [0.2, 0.25) is 0 Å². The van der Waals surface area contributed by atoms with Gasteiger partial charge in [-0.3, -0.25) is 0 Å². The minimum absolute atomic E-state index is 0.434. The summed E-state index contributed by atoms with van der Waals surface area (Å²) < 4.78 is 5.35. The molecule has 2 unspecified atom stereocenters. The molecule has 1 aromatic rings. The lowest BCUT2D eigenvalue weighted by molar-refractivity contribution is 0.194. The molecule has 1 aromatic heterocycles. The molecule has 0 aromatic carbocycles. The molecule has 0 amide bonds. The van der Waals surface area contributed by atoms with Crippen molar-refractivity contribution < 1.29 is 4.74 Å². The fraction of sp³-hybridized carbons (Fsp3) is 0.700. The van der Waals surface area contributed by atoms with Gasteiger partial charge in [-0.15, -0.1) is 11.3 Å². The number of rotatable bonds is 3. The topological polar surface area (TPSA) is 48.1 Å². The highest BCUT2D eigenvalue weighted by Gasteiger charge is 2.21. The number of nitrogens with two attached hydrogens (primary N) is 1. The lowest BCUT2D eigenvalue weighted by Gasteiger charge is -2.03. The van der Waals surface area contributed by atoms with Gasteiger partial charge in [-0.2, -0.15) is 0 Å². The van der Waals surface area contributed by atoms with Gasteiger partial charge in [0.2, 0.25) is 0 Å². The van der Waals surface area contributed by atoms with Crippen LogP contribution in [0.1, 0.15) is 35.1 Å². The average molecular weight is 212 g/mol. The van der Waals surface area contributed by atoms with Crippen molar-refractivity contribution in [1.82, 2.24) is 4.98 Å². The molecule has 1 aliphatic rings. The Labute approximate surface area is 88.3 Å². The second-order valence-corrected chi connectivity index (χ2v) is 4.89. The number of hydrogen-bond donors (Lipinski definition) is 1. The first-order valence-electron chi connectivity index (χ1n) is 5.04. The molecule has 2 rings (SSSR count). The zero-order valence-electron chi connectivity index (χ0n) is 8.40. The van der Waals surface area contributed by atoms with E-state index in [2.05, 4.69) is 11.9 Å². The molecule has 14 heavy (non-hydrogen) atoms. The molecule has 0 aliphatic carbocycles. The average Bonchev–Trinajstić information content (AvgIpc) is 2.86. The van der Waals surface area contributed by atoms with Crippen LogP contribution in [0.4, 0.5) is 0 Å². The van der Waals surface area contributed by atoms with E-state index in [0.29, 0.717) is 18.4 Å². The summed E-state index contributed by atoms with van der Waals surface area (Å²) >= 11 is 1.79. The number of thiazole rings is 1. The predicted octanol–water partition coefficient (Wildman–Crippen LogP) is 1.71. The summed E-state index contributed by atoms with van der Waals surface area (Å²) in [4.78, 5) is 5.75. The largest absolute Gasteiger partial charge is 0.381 e. The van der Waals surface area contributed by atoms with E-state index < -0.39 is 0 Å². The van der Waals surface area contributed by atoms with Crippen LogP contribution in [0.3, 0.4) is 0 Å². The molecule has 0 spiro atoms. The van der Waals surface area contributed by atoms with E-state index in [-0.39, 0.29) is 0 Å². The molecule has 2 heterocycles. The lowest BCUT2D eigenvalue weighted by atomic mass is 10.1. The molecule has 0 bridgehead atoms. The molecule has 1 saturated heterocycles. The van der Waals surface area contributed by atoms with E-state index in [1.807, 2.05) is 6.20 Å². The van der Waals surface area contributed by atoms with Gasteiger partial charge in [0.15, 0.2) is 0 Å². The number of nitrogens with zero attached hydrogens (tertiary/aromatic N) is 1. The SMILES string of the molecule is CC(CN)c1cnc(C2CCOC2)s1. The van der Waals surface area contributed by atoms with E-state index >= 15 is 0 Å². The molecule has 0 radical (unpaired) electrons. The molecule has 2 atom stereocenters. The van der Waals surface area contributed by atoms with Gasteiger partial charge in [-0.05, 0) is 13.0 Å². The molecule has 3 nitrogen and oxygen atoms in total. The van der Waals surface area contributed by atoms with Gasteiger partial charge in [0.25, 0.3) is 0 Å². The fourth-order valence-electron chi connectivity index (χ4n) is 1.56. The summed E-state index contributed by atoms with van der Waals surface area (Å²) in [5, 5.41) is 1.22. The van der Waals surface area contributed by atoms with Crippen LogP contribution in [-0.2, 0) is 4.74 Å². The van der Waals surface area contributed by atoms with Gasteiger partial charge in [0, 0.05) is 29.5 Å². The van der Waals surface area contributed by atoms with Crippen molar-refractivity contribution in [3.8, 4) is 0 Å². The van der Waals surface area contributed by atoms with Gasteiger partial charge < -0.3 is 10.5 Å². The Kier molecular flexibility index (Phi) is 3.15. The highest BCUT2D eigenvalue weighted by Crippen LogP contribution is 2.31. The van der Waals surface area contributed by atoms with Crippen molar-refractivity contribution in [3.05, 3.63) is 16.1 Å². The Morgan fingerprint density at radius 2 is 2.64 bits per heavy atom. The summed E-state index contributed by atoms with van der Waals surface area (Å²) in [7, 11) is 0. The monoisotopic (exact) mass is 212 g/mol. The number of hydrogen-bond acceptors (Lipinski definition) is 4. The van der Waals surface area contributed by atoms with Gasteiger partial charge in [0.05, 0.1) is 11.6 Å². The predicted molar refractivity (Wildman–Crippen MR) is 57.8 cm³/mol. The summed E-state index contributed by atoms with van der Waals surface area (Å²) in [6.45, 7) is 4.56. The number of aromatic nitrogens is 1. The van der Waals surface area contributed by atoms with Crippen molar-refractivity contribution >= 4 is 11.3 Å². The maximum absolute atomic E-state index is 5.62. The van der Waals surface area contributed by atoms with Gasteiger partial charge in [0.1, 0.15) is 0 Å². The summed E-state index contributed by atoms with van der Waals surface area (Å²) in [6.07, 6.45) is 3.08. The highest BCUT2D eigenvalue weighted by molar-refractivity contribution is 7.11. The Balaban J connectivity index is 2.08. The highest BCUT2D eigenvalue weighted by atomic mass is 32.1. The Hall–Kier alpha value is -0.450. The molecule has 1 aliphatic heterocycles. The zero-order valence-corrected chi connectivity index (χ0v) is 9.22. The first-order valence-corrected chi connectivity index (χ1v) is 5.86. The minimum Gasteiger partial charge on any atom is -0.381 e. The van der Waals surface area contributed by atoms with Gasteiger partial charge in [-0.25, -0.2) is 4.98 Å². The van der Waals surface area contributed by atoms with Crippen molar-refractivity contribution in [1.29, 1.82) is 0 Å². The first-order chi connectivity index (χ1) is 6.81. The zero-order chi connectivity index (χ0) is 9.97. The standard InChI is InChI=1S/C10H16N2OS/c1-7(4-11)9-5-12-10(14-9)8-2-3-13-6-8/h5,7-8H,2-4,6,11H2,1H3. The second kappa shape index (κ2) is 4.38. The smallest absolute Gasteiger partial charge is 0.0982 e. The maximum Gasteiger partial charge on any atom is 0.0982 e. The van der Waals surface area contributed by atoms with Crippen LogP contribution in [0.5, 0.6) is 0 Å². The van der Waals surface area contributed by atoms with E-state index in [9.17, 15) is 0 Å². The quantitative estimate of drug-likeness (QED) is 0.829. The lowest BCUT2D eigenvalue weighted by Crippen LogP contribution is -2.07. The van der Waals surface area contributed by atoms with Crippen LogP contribution in [-0.4, -0.2) is 24.7 Å². The maximum atomic E-state index is 5.62. The molecule has 2 N–H and O–H groups in total. The van der Waals surface area contributed by atoms with Crippen molar-refractivity contribution in [2.45, 2.75) is 25.2 Å². The molecule has 1 fully saturated rings. The minimum atomic E-state index is 0.434. The molecule has 0 saturated carbocycles. The first kappa shape index (κ1) is 10.1. The second-order valence-electron chi connectivity index (χ2n) is 3.80. The normalized spacial score (nSPS) is 24.0. The third-order valence-electron chi connectivity index (χ3n) is 2.66. The van der Waals surface area contributed by atoms with Crippen molar-refractivity contribution in [2.75, 3.05) is 19.8 Å². The third-order valence-corrected chi connectivity index (χ3v) is 4.05. The third kappa shape index (κ3) is 1.97. The van der Waals surface area contributed by atoms with Crippen LogP contribution in [0.25, 0.3) is 0 Å². The summed E-state index contributed by atoms with van der Waals surface area (Å²) in [5.41, 5.74) is 5.62. The van der Waals surface area contributed by atoms with Crippen LogP contribution >= 0.6 is 11.3 Å². The van der Waals surface area contributed by atoms with Crippen LogP contribution in [0.15, 0.2) is 6.20 Å². The number of ether oxygens (including phenoxy) is 1. The van der Waals surface area contributed by atoms with Crippen LogP contribution < -0.4 is 5.73 Å². The molecular formula is C10H16N2OS. The molecule has 4 heteroatoms. The van der Waals surface area contributed by atoms with E-state index in [4.69, 9.17) is 10.5 Å². The van der Waals surface area contributed by atoms with E-state index in [1.54, 1.807) is 11.3 Å². The Morgan fingerprint density at radius 1 is 1.79 bits per heavy atom. The fourth-order valence-corrected chi connectivity index (χ4v) is 2.66. The summed E-state index contributed by atoms with van der Waals surface area (Å²) in [5.74, 6) is 0.960. The van der Waals surface area contributed by atoms with Gasteiger partial charge >= 0.3 is 0 Å². The molecular weight excluding hydrogens is 196 g/mol. The van der Waals surface area contributed by atoms with Crippen LogP contribution in [0, 0.1) is 0 Å². The van der Waals surface area contributed by atoms with E-state index in [0.717, 1.165) is 19.6 Å².